The summed E-state index contributed by atoms with van der Waals surface area (Å²) in [6.07, 6.45) is 2.56. The molecule has 158 valence electrons. The van der Waals surface area contributed by atoms with Crippen LogP contribution in [0.5, 0.6) is 0 Å². The number of hydrogen-bond donors (Lipinski definition) is 0. The smallest absolute Gasteiger partial charge is 0.337 e. The summed E-state index contributed by atoms with van der Waals surface area (Å²) in [5.41, 5.74) is 4.92. The summed E-state index contributed by atoms with van der Waals surface area (Å²) in [4.78, 5) is 12.0. The summed E-state index contributed by atoms with van der Waals surface area (Å²) in [6, 6.07) is 21.6. The van der Waals surface area contributed by atoms with Gasteiger partial charge in [0, 0.05) is 6.54 Å². The van der Waals surface area contributed by atoms with Crippen LogP contribution in [-0.2, 0) is 14.8 Å². The number of nitrogens with zero attached hydrogens (tertiary/aromatic N) is 1. The van der Waals surface area contributed by atoms with Crippen molar-refractivity contribution in [1.29, 1.82) is 0 Å². The standard InChI is InChI=1S/C25H23NO4S/c1-18-7-13-23(14-8-18)31(28,29)26-16-15-21(17-22-5-3-4-6-24(22)26)19-9-11-20(12-10-19)25(27)30-2/h3-14,17H,15-16H2,1-2H3. The van der Waals surface area contributed by atoms with Crippen LogP contribution in [0.4, 0.5) is 5.69 Å². The van der Waals surface area contributed by atoms with Crippen LogP contribution in [0, 0.1) is 6.92 Å². The van der Waals surface area contributed by atoms with Crippen LogP contribution >= 0.6 is 0 Å². The molecule has 0 spiro atoms. The Kier molecular flexibility index (Phi) is 5.65. The summed E-state index contributed by atoms with van der Waals surface area (Å²) in [5.74, 6) is -0.387. The van der Waals surface area contributed by atoms with Gasteiger partial charge in [-0.3, -0.25) is 4.31 Å². The number of fused-ring (bicyclic) bond motifs is 1. The van der Waals surface area contributed by atoms with Gasteiger partial charge in [0.2, 0.25) is 0 Å². The van der Waals surface area contributed by atoms with E-state index < -0.39 is 10.0 Å². The SMILES string of the molecule is COC(=O)c1ccc(C2=Cc3ccccc3N(S(=O)(=O)c3ccc(C)cc3)CC2)cc1. The Bertz CT molecular complexity index is 1240. The van der Waals surface area contributed by atoms with Crippen LogP contribution in [-0.4, -0.2) is 28.0 Å². The van der Waals surface area contributed by atoms with Crippen molar-refractivity contribution in [2.24, 2.45) is 0 Å². The van der Waals surface area contributed by atoms with Gasteiger partial charge in [0.25, 0.3) is 10.0 Å². The van der Waals surface area contributed by atoms with E-state index in [1.165, 1.54) is 11.4 Å². The lowest BCUT2D eigenvalue weighted by Gasteiger charge is -2.24. The minimum absolute atomic E-state index is 0.277. The number of carbonyl (C=O) groups excluding carboxylic acids is 1. The highest BCUT2D eigenvalue weighted by Gasteiger charge is 2.28. The first-order chi connectivity index (χ1) is 14.9. The molecule has 0 aliphatic carbocycles. The number of ether oxygens (including phenoxy) is 1. The van der Waals surface area contributed by atoms with Crippen molar-refractivity contribution in [3.05, 3.63) is 95.1 Å². The Labute approximate surface area is 182 Å². The van der Waals surface area contributed by atoms with E-state index in [-0.39, 0.29) is 10.9 Å². The molecule has 0 amide bonds. The number of aryl methyl sites for hydroxylation is 1. The predicted octanol–water partition coefficient (Wildman–Crippen LogP) is 4.92. The normalized spacial score (nSPS) is 13.7. The zero-order chi connectivity index (χ0) is 22.0. The number of hydrogen-bond acceptors (Lipinski definition) is 4. The molecule has 0 radical (unpaired) electrons. The minimum atomic E-state index is -3.70. The second-order valence-electron chi connectivity index (χ2n) is 7.44. The number of methoxy groups -OCH3 is 1. The summed E-state index contributed by atoms with van der Waals surface area (Å²) < 4.78 is 33.2. The van der Waals surface area contributed by atoms with Gasteiger partial charge in [-0.15, -0.1) is 0 Å². The maximum atomic E-state index is 13.5. The average molecular weight is 434 g/mol. The van der Waals surface area contributed by atoms with Crippen LogP contribution in [0.25, 0.3) is 11.6 Å². The molecule has 0 saturated carbocycles. The van der Waals surface area contributed by atoms with Gasteiger partial charge in [-0.2, -0.15) is 0 Å². The van der Waals surface area contributed by atoms with Gasteiger partial charge in [-0.1, -0.05) is 48.0 Å². The minimum Gasteiger partial charge on any atom is -0.465 e. The van der Waals surface area contributed by atoms with Crippen molar-refractivity contribution < 1.29 is 17.9 Å². The molecule has 1 aliphatic heterocycles. The molecular formula is C25H23NO4S. The van der Waals surface area contributed by atoms with Crippen LogP contribution in [0.15, 0.2) is 77.7 Å². The Morgan fingerprint density at radius 3 is 2.29 bits per heavy atom. The molecule has 0 N–H and O–H groups in total. The predicted molar refractivity (Wildman–Crippen MR) is 122 cm³/mol. The molecule has 3 aromatic rings. The van der Waals surface area contributed by atoms with E-state index in [1.807, 2.05) is 61.5 Å². The highest BCUT2D eigenvalue weighted by Crippen LogP contribution is 2.35. The van der Waals surface area contributed by atoms with E-state index in [2.05, 4.69) is 0 Å². The fourth-order valence-electron chi connectivity index (χ4n) is 3.69. The van der Waals surface area contributed by atoms with Crippen molar-refractivity contribution in [1.82, 2.24) is 0 Å². The molecular weight excluding hydrogens is 410 g/mol. The number of para-hydroxylation sites is 1. The molecule has 0 aromatic heterocycles. The third kappa shape index (κ3) is 4.11. The number of carbonyl (C=O) groups is 1. The van der Waals surface area contributed by atoms with Crippen molar-refractivity contribution in [3.8, 4) is 0 Å². The highest BCUT2D eigenvalue weighted by molar-refractivity contribution is 7.92. The third-order valence-electron chi connectivity index (χ3n) is 5.41. The molecule has 0 saturated heterocycles. The van der Waals surface area contributed by atoms with E-state index >= 15 is 0 Å². The zero-order valence-corrected chi connectivity index (χ0v) is 18.2. The molecule has 1 aliphatic rings. The van der Waals surface area contributed by atoms with Gasteiger partial charge in [-0.05, 0) is 66.5 Å². The van der Waals surface area contributed by atoms with Crippen LogP contribution in [0.3, 0.4) is 0 Å². The fourth-order valence-corrected chi connectivity index (χ4v) is 5.18. The first kappa shape index (κ1) is 20.9. The number of sulfonamides is 1. The summed E-state index contributed by atoms with van der Waals surface area (Å²) in [5, 5.41) is 0. The molecule has 5 nitrogen and oxygen atoms in total. The molecule has 0 bridgehead atoms. The maximum Gasteiger partial charge on any atom is 0.337 e. The lowest BCUT2D eigenvalue weighted by molar-refractivity contribution is 0.0600. The van der Waals surface area contributed by atoms with E-state index in [9.17, 15) is 13.2 Å². The zero-order valence-electron chi connectivity index (χ0n) is 17.4. The molecule has 31 heavy (non-hydrogen) atoms. The Morgan fingerprint density at radius 1 is 0.935 bits per heavy atom. The maximum absolute atomic E-state index is 13.5. The van der Waals surface area contributed by atoms with E-state index in [1.54, 1.807) is 24.3 Å². The Morgan fingerprint density at radius 2 is 1.61 bits per heavy atom. The first-order valence-electron chi connectivity index (χ1n) is 9.98. The van der Waals surface area contributed by atoms with Gasteiger partial charge in [-0.25, -0.2) is 13.2 Å². The number of esters is 1. The van der Waals surface area contributed by atoms with Crippen LogP contribution in [0.1, 0.15) is 33.5 Å². The van der Waals surface area contributed by atoms with Gasteiger partial charge in [0.15, 0.2) is 0 Å². The largest absolute Gasteiger partial charge is 0.465 e. The molecule has 0 atom stereocenters. The van der Waals surface area contributed by atoms with E-state index in [0.717, 1.165) is 22.3 Å². The van der Waals surface area contributed by atoms with Crippen LogP contribution < -0.4 is 4.31 Å². The van der Waals surface area contributed by atoms with Gasteiger partial charge < -0.3 is 4.74 Å². The monoisotopic (exact) mass is 433 g/mol. The summed E-state index contributed by atoms with van der Waals surface area (Å²) in [6.45, 7) is 2.25. The second-order valence-corrected chi connectivity index (χ2v) is 9.30. The number of benzene rings is 3. The van der Waals surface area contributed by atoms with Crippen molar-refractivity contribution in [2.75, 3.05) is 18.0 Å². The van der Waals surface area contributed by atoms with Crippen molar-refractivity contribution in [2.45, 2.75) is 18.2 Å². The number of anilines is 1. The topological polar surface area (TPSA) is 63.7 Å². The second kappa shape index (κ2) is 8.40. The van der Waals surface area contributed by atoms with E-state index in [0.29, 0.717) is 24.2 Å². The lowest BCUT2D eigenvalue weighted by Crippen LogP contribution is -2.32. The molecule has 1 heterocycles. The van der Waals surface area contributed by atoms with Gasteiger partial charge >= 0.3 is 5.97 Å². The molecule has 0 fully saturated rings. The molecule has 4 rings (SSSR count). The van der Waals surface area contributed by atoms with Crippen molar-refractivity contribution >= 4 is 33.3 Å². The summed E-state index contributed by atoms with van der Waals surface area (Å²) >= 11 is 0. The fraction of sp³-hybridized carbons (Fsp3) is 0.160. The number of rotatable bonds is 4. The van der Waals surface area contributed by atoms with Crippen LogP contribution in [0.2, 0.25) is 0 Å². The molecule has 0 unspecified atom stereocenters. The summed E-state index contributed by atoms with van der Waals surface area (Å²) in [7, 11) is -2.35. The lowest BCUT2D eigenvalue weighted by atomic mass is 9.99. The Hall–Kier alpha value is -3.38. The van der Waals surface area contributed by atoms with Gasteiger partial charge in [0.1, 0.15) is 0 Å². The van der Waals surface area contributed by atoms with Gasteiger partial charge in [0.05, 0.1) is 23.3 Å². The van der Waals surface area contributed by atoms with E-state index in [4.69, 9.17) is 4.74 Å². The Balaban J connectivity index is 1.72. The first-order valence-corrected chi connectivity index (χ1v) is 11.4. The highest BCUT2D eigenvalue weighted by atomic mass is 32.2. The third-order valence-corrected chi connectivity index (χ3v) is 7.23. The molecule has 3 aromatic carbocycles. The quantitative estimate of drug-likeness (QED) is 0.548. The average Bonchev–Trinajstić information content (AvgIpc) is 2.99. The molecule has 6 heteroatoms. The van der Waals surface area contributed by atoms with Crippen molar-refractivity contribution in [3.63, 3.8) is 0 Å².